The van der Waals surface area contributed by atoms with Crippen LogP contribution in [0.2, 0.25) is 0 Å². The van der Waals surface area contributed by atoms with Gasteiger partial charge in [-0.25, -0.2) is 0 Å². The molecule has 2 heterocycles. The molecule has 6 rings (SSSR count). The van der Waals surface area contributed by atoms with Gasteiger partial charge in [0.2, 0.25) is 0 Å². The van der Waals surface area contributed by atoms with E-state index in [1.54, 1.807) is 7.11 Å². The molecule has 8 nitrogen and oxygen atoms in total. The summed E-state index contributed by atoms with van der Waals surface area (Å²) in [6, 6.07) is 31.6. The first kappa shape index (κ1) is 36.2. The van der Waals surface area contributed by atoms with Crippen molar-refractivity contribution in [1.82, 2.24) is 4.90 Å². The molecule has 0 aliphatic carbocycles. The maximum atomic E-state index is 13.8. The van der Waals surface area contributed by atoms with E-state index in [1.165, 1.54) is 5.56 Å². The fourth-order valence-electron chi connectivity index (χ4n) is 6.81. The Morgan fingerprint density at radius 2 is 1.69 bits per heavy atom. The minimum absolute atomic E-state index is 0.0815. The summed E-state index contributed by atoms with van der Waals surface area (Å²) in [6.45, 7) is 7.83. The standard InChI is InChI=1S/C43H51N3O5/c1-4-23-49-26-27-51-40-16-11-33(12-17-40)34-13-18-41-37(28-34)29-35(19-22-46(41)31-36-7-5-6-8-42(36)48-3)43(47)44-38-14-9-32(10-15-38)30-45(2)39-20-24-50-25-21-39/h5-18,28-29,39H,4,19-27,30-31H2,1-3H3,(H,44,47). The van der Waals surface area contributed by atoms with Crippen LogP contribution >= 0.6 is 0 Å². The number of anilines is 2. The Bertz CT molecular complexity index is 1750. The first-order chi connectivity index (χ1) is 25.0. The first-order valence-corrected chi connectivity index (χ1v) is 18.2. The molecule has 2 aliphatic rings. The predicted molar refractivity (Wildman–Crippen MR) is 206 cm³/mol. The molecular weight excluding hydrogens is 638 g/mol. The van der Waals surface area contributed by atoms with Crippen LogP contribution in [0, 0.1) is 0 Å². The summed E-state index contributed by atoms with van der Waals surface area (Å²) in [5.74, 6) is 1.59. The van der Waals surface area contributed by atoms with Crippen molar-refractivity contribution in [2.75, 3.05) is 64.0 Å². The highest BCUT2D eigenvalue weighted by atomic mass is 16.5. The number of hydrogen-bond acceptors (Lipinski definition) is 7. The van der Waals surface area contributed by atoms with Crippen LogP contribution in [0.15, 0.2) is 96.6 Å². The molecule has 4 aromatic rings. The summed E-state index contributed by atoms with van der Waals surface area (Å²) in [4.78, 5) is 18.6. The van der Waals surface area contributed by atoms with E-state index in [-0.39, 0.29) is 5.91 Å². The number of fused-ring (bicyclic) bond motifs is 1. The number of carbonyl (C=O) groups is 1. The zero-order chi connectivity index (χ0) is 35.4. The maximum Gasteiger partial charge on any atom is 0.251 e. The second kappa shape index (κ2) is 18.0. The van der Waals surface area contributed by atoms with Gasteiger partial charge in [0.25, 0.3) is 5.91 Å². The van der Waals surface area contributed by atoms with Gasteiger partial charge in [0.05, 0.1) is 13.7 Å². The molecule has 268 valence electrons. The zero-order valence-electron chi connectivity index (χ0n) is 30.2. The number of nitrogens with zero attached hydrogens (tertiary/aromatic N) is 2. The topological polar surface area (TPSA) is 72.5 Å². The van der Waals surface area contributed by atoms with Crippen molar-refractivity contribution in [3.05, 3.63) is 113 Å². The third kappa shape index (κ3) is 9.79. The molecule has 1 amide bonds. The van der Waals surface area contributed by atoms with E-state index in [0.29, 0.717) is 38.8 Å². The SMILES string of the molecule is CCCOCCOc1ccc(-c2ccc3c(c2)C=C(C(=O)Nc2ccc(CN(C)C4CCOCC4)cc2)CCN3Cc2ccccc2OC)cc1. The van der Waals surface area contributed by atoms with Crippen LogP contribution in [-0.2, 0) is 27.4 Å². The average Bonchev–Trinajstić information content (AvgIpc) is 3.35. The molecule has 8 heteroatoms. The van der Waals surface area contributed by atoms with E-state index in [9.17, 15) is 4.79 Å². The van der Waals surface area contributed by atoms with Crippen molar-refractivity contribution in [3.63, 3.8) is 0 Å². The average molecular weight is 690 g/mol. The largest absolute Gasteiger partial charge is 0.496 e. The predicted octanol–water partition coefficient (Wildman–Crippen LogP) is 8.21. The Morgan fingerprint density at radius 1 is 0.922 bits per heavy atom. The summed E-state index contributed by atoms with van der Waals surface area (Å²) in [7, 11) is 3.89. The van der Waals surface area contributed by atoms with Crippen molar-refractivity contribution in [2.45, 2.75) is 51.7 Å². The molecular formula is C43H51N3O5. The van der Waals surface area contributed by atoms with Gasteiger partial charge < -0.3 is 29.2 Å². The fraction of sp³-hybridized carbons (Fsp3) is 0.372. The number of methoxy groups -OCH3 is 1. The number of rotatable bonds is 15. The number of nitrogens with one attached hydrogen (secondary N) is 1. The molecule has 51 heavy (non-hydrogen) atoms. The monoisotopic (exact) mass is 689 g/mol. The van der Waals surface area contributed by atoms with E-state index in [4.69, 9.17) is 18.9 Å². The molecule has 0 aromatic heterocycles. The van der Waals surface area contributed by atoms with Crippen molar-refractivity contribution >= 4 is 23.4 Å². The molecule has 4 aromatic carbocycles. The normalized spacial score (nSPS) is 14.8. The summed E-state index contributed by atoms with van der Waals surface area (Å²) in [6.07, 6.45) is 5.79. The van der Waals surface area contributed by atoms with Crippen LogP contribution in [0.1, 0.15) is 49.3 Å². The number of hydrogen-bond donors (Lipinski definition) is 1. The highest BCUT2D eigenvalue weighted by Gasteiger charge is 2.22. The molecule has 1 fully saturated rings. The van der Waals surface area contributed by atoms with Gasteiger partial charge in [-0.3, -0.25) is 9.69 Å². The van der Waals surface area contributed by atoms with Crippen molar-refractivity contribution in [2.24, 2.45) is 0 Å². The molecule has 0 saturated carbocycles. The summed E-state index contributed by atoms with van der Waals surface area (Å²) >= 11 is 0. The first-order valence-electron chi connectivity index (χ1n) is 18.2. The zero-order valence-corrected chi connectivity index (χ0v) is 30.2. The molecule has 0 spiro atoms. The van der Waals surface area contributed by atoms with Crippen molar-refractivity contribution in [3.8, 4) is 22.6 Å². The number of carbonyl (C=O) groups excluding carboxylic acids is 1. The lowest BCUT2D eigenvalue weighted by molar-refractivity contribution is -0.112. The highest BCUT2D eigenvalue weighted by Crippen LogP contribution is 2.35. The van der Waals surface area contributed by atoms with Gasteiger partial charge in [-0.1, -0.05) is 55.5 Å². The summed E-state index contributed by atoms with van der Waals surface area (Å²) in [5, 5.41) is 3.18. The van der Waals surface area contributed by atoms with E-state index in [1.807, 2.05) is 42.5 Å². The van der Waals surface area contributed by atoms with Gasteiger partial charge in [0, 0.05) is 68.0 Å². The number of para-hydroxylation sites is 1. The summed E-state index contributed by atoms with van der Waals surface area (Å²) in [5.41, 5.74) is 8.10. The summed E-state index contributed by atoms with van der Waals surface area (Å²) < 4.78 is 22.6. The van der Waals surface area contributed by atoms with Gasteiger partial charge >= 0.3 is 0 Å². The fourth-order valence-corrected chi connectivity index (χ4v) is 6.81. The molecule has 2 aliphatic heterocycles. The molecule has 0 unspecified atom stereocenters. The smallest absolute Gasteiger partial charge is 0.251 e. The Morgan fingerprint density at radius 3 is 2.45 bits per heavy atom. The van der Waals surface area contributed by atoms with E-state index >= 15 is 0 Å². The van der Waals surface area contributed by atoms with Gasteiger partial charge in [0.1, 0.15) is 18.1 Å². The van der Waals surface area contributed by atoms with Gasteiger partial charge in [-0.2, -0.15) is 0 Å². The Labute approximate surface area is 303 Å². The van der Waals surface area contributed by atoms with Gasteiger partial charge in [-0.05, 0) is 104 Å². The van der Waals surface area contributed by atoms with Gasteiger partial charge in [0.15, 0.2) is 0 Å². The number of amides is 1. The van der Waals surface area contributed by atoms with Crippen LogP contribution in [0.25, 0.3) is 17.2 Å². The highest BCUT2D eigenvalue weighted by molar-refractivity contribution is 6.07. The van der Waals surface area contributed by atoms with Crippen LogP contribution in [-0.4, -0.2) is 70.6 Å². The van der Waals surface area contributed by atoms with Gasteiger partial charge in [-0.15, -0.1) is 0 Å². The van der Waals surface area contributed by atoms with E-state index < -0.39 is 0 Å². The molecule has 1 saturated heterocycles. The van der Waals surface area contributed by atoms with Crippen LogP contribution in [0.4, 0.5) is 11.4 Å². The van der Waals surface area contributed by atoms with Crippen LogP contribution in [0.5, 0.6) is 11.5 Å². The third-order valence-electron chi connectivity index (χ3n) is 9.68. The Kier molecular flexibility index (Phi) is 12.8. The van der Waals surface area contributed by atoms with Crippen molar-refractivity contribution < 1.29 is 23.7 Å². The lowest BCUT2D eigenvalue weighted by Gasteiger charge is -2.31. The van der Waals surface area contributed by atoms with Crippen molar-refractivity contribution in [1.29, 1.82) is 0 Å². The minimum Gasteiger partial charge on any atom is -0.496 e. The second-order valence-electron chi connectivity index (χ2n) is 13.3. The maximum absolute atomic E-state index is 13.8. The minimum atomic E-state index is -0.0815. The molecule has 0 atom stereocenters. The lowest BCUT2D eigenvalue weighted by atomic mass is 10.00. The van der Waals surface area contributed by atoms with E-state index in [2.05, 4.69) is 83.7 Å². The quantitative estimate of drug-likeness (QED) is 0.126. The van der Waals surface area contributed by atoms with Crippen LogP contribution < -0.4 is 19.7 Å². The van der Waals surface area contributed by atoms with Crippen LogP contribution in [0.3, 0.4) is 0 Å². The second-order valence-corrected chi connectivity index (χ2v) is 13.3. The Hall–Kier alpha value is -4.63. The molecule has 0 bridgehead atoms. The lowest BCUT2D eigenvalue weighted by Crippen LogP contribution is -2.36. The molecule has 1 N–H and O–H groups in total. The third-order valence-corrected chi connectivity index (χ3v) is 9.68. The number of ether oxygens (including phenoxy) is 4. The van der Waals surface area contributed by atoms with E-state index in [0.717, 1.165) is 96.3 Å². The Balaban J connectivity index is 1.19. The molecule has 0 radical (unpaired) electrons. The number of benzene rings is 4.